The molecule has 0 radical (unpaired) electrons. The van der Waals surface area contributed by atoms with Crippen molar-refractivity contribution in [3.05, 3.63) is 53.6 Å². The van der Waals surface area contributed by atoms with Crippen molar-refractivity contribution in [1.82, 2.24) is 9.97 Å². The predicted molar refractivity (Wildman–Crippen MR) is 79.6 cm³/mol. The number of anilines is 2. The summed E-state index contributed by atoms with van der Waals surface area (Å²) in [7, 11) is 0. The molecule has 0 spiro atoms. The summed E-state index contributed by atoms with van der Waals surface area (Å²) in [5.74, 6) is 0.190. The molecule has 0 aliphatic carbocycles. The Bertz CT molecular complexity index is 738. The first-order valence-corrected chi connectivity index (χ1v) is 6.25. The van der Waals surface area contributed by atoms with Crippen molar-refractivity contribution < 1.29 is 4.79 Å². The third kappa shape index (κ3) is 2.33. The van der Waals surface area contributed by atoms with Gasteiger partial charge in [0, 0.05) is 11.3 Å². The number of nitrogens with zero attached hydrogens (tertiary/aromatic N) is 1. The molecule has 0 fully saturated rings. The third-order valence-corrected chi connectivity index (χ3v) is 2.98. The van der Waals surface area contributed by atoms with Gasteiger partial charge in [0.2, 0.25) is 5.95 Å². The van der Waals surface area contributed by atoms with Crippen LogP contribution < -0.4 is 11.1 Å². The van der Waals surface area contributed by atoms with E-state index < -0.39 is 0 Å². The second-order valence-electron chi connectivity index (χ2n) is 4.69. The number of aryl methyl sites for hydroxylation is 1. The highest BCUT2D eigenvalue weighted by Crippen LogP contribution is 2.16. The number of nitrogen functional groups attached to an aromatic ring is 1. The number of carbonyl (C=O) groups is 1. The fourth-order valence-corrected chi connectivity index (χ4v) is 2.14. The lowest BCUT2D eigenvalue weighted by Crippen LogP contribution is -2.13. The fourth-order valence-electron chi connectivity index (χ4n) is 2.14. The Morgan fingerprint density at radius 2 is 2.05 bits per heavy atom. The fraction of sp³-hybridized carbons (Fsp3) is 0.0667. The first-order chi connectivity index (χ1) is 9.61. The van der Waals surface area contributed by atoms with E-state index in [0.717, 1.165) is 16.6 Å². The molecule has 0 saturated heterocycles. The minimum atomic E-state index is -0.237. The Morgan fingerprint density at radius 1 is 1.25 bits per heavy atom. The maximum Gasteiger partial charge on any atom is 0.258 e. The summed E-state index contributed by atoms with van der Waals surface area (Å²) in [5, 5.41) is 2.74. The number of imidazole rings is 1. The number of para-hydroxylation sites is 2. The molecule has 100 valence electrons. The van der Waals surface area contributed by atoms with Crippen LogP contribution in [0.4, 0.5) is 11.6 Å². The highest BCUT2D eigenvalue weighted by molar-refractivity contribution is 6.04. The molecule has 0 aliphatic rings. The van der Waals surface area contributed by atoms with Gasteiger partial charge >= 0.3 is 0 Å². The molecule has 5 nitrogen and oxygen atoms in total. The largest absolute Gasteiger partial charge is 0.399 e. The molecule has 1 heterocycles. The van der Waals surface area contributed by atoms with Gasteiger partial charge in [0.15, 0.2) is 0 Å². The van der Waals surface area contributed by atoms with Crippen molar-refractivity contribution in [2.45, 2.75) is 6.92 Å². The Morgan fingerprint density at radius 3 is 2.80 bits per heavy atom. The number of nitrogens with one attached hydrogen (secondary N) is 2. The number of nitrogens with two attached hydrogens (primary N) is 1. The first kappa shape index (κ1) is 12.2. The van der Waals surface area contributed by atoms with Crippen LogP contribution >= 0.6 is 0 Å². The van der Waals surface area contributed by atoms with Crippen LogP contribution in [0.5, 0.6) is 0 Å². The summed E-state index contributed by atoms with van der Waals surface area (Å²) in [4.78, 5) is 19.5. The standard InChI is InChI=1S/C15H14N4O/c1-9-6-10(8-11(16)7-9)14(20)19-15-17-12-4-2-3-5-13(12)18-15/h2-8H,16H2,1H3,(H2,17,18,19,20). The SMILES string of the molecule is Cc1cc(N)cc(C(=O)Nc2nc3ccccc3[nH]2)c1. The number of fused-ring (bicyclic) bond motifs is 1. The van der Waals surface area contributed by atoms with Crippen LogP contribution in [0.15, 0.2) is 42.5 Å². The van der Waals surface area contributed by atoms with Gasteiger partial charge in [-0.2, -0.15) is 0 Å². The van der Waals surface area contributed by atoms with Crippen LogP contribution in [0.3, 0.4) is 0 Å². The topological polar surface area (TPSA) is 83.8 Å². The molecule has 0 unspecified atom stereocenters. The summed E-state index contributed by atoms with van der Waals surface area (Å²) in [6.45, 7) is 1.90. The van der Waals surface area contributed by atoms with Gasteiger partial charge in [-0.3, -0.25) is 10.1 Å². The lowest BCUT2D eigenvalue weighted by atomic mass is 10.1. The molecule has 0 atom stereocenters. The Kier molecular flexibility index (Phi) is 2.87. The number of aromatic amines is 1. The predicted octanol–water partition coefficient (Wildman–Crippen LogP) is 2.71. The minimum Gasteiger partial charge on any atom is -0.399 e. The Labute approximate surface area is 115 Å². The number of H-pyrrole nitrogens is 1. The molecular formula is C15H14N4O. The van der Waals surface area contributed by atoms with Gasteiger partial charge < -0.3 is 10.7 Å². The molecule has 0 bridgehead atoms. The molecule has 0 saturated carbocycles. The van der Waals surface area contributed by atoms with Crippen LogP contribution in [-0.2, 0) is 0 Å². The molecule has 4 N–H and O–H groups in total. The van der Waals surface area contributed by atoms with Crippen molar-refractivity contribution in [2.24, 2.45) is 0 Å². The van der Waals surface area contributed by atoms with E-state index in [2.05, 4.69) is 15.3 Å². The lowest BCUT2D eigenvalue weighted by Gasteiger charge is -2.04. The summed E-state index contributed by atoms with van der Waals surface area (Å²) in [6, 6.07) is 12.8. The number of amides is 1. The number of benzene rings is 2. The molecule has 2 aromatic carbocycles. The van der Waals surface area contributed by atoms with Gasteiger partial charge in [-0.05, 0) is 42.8 Å². The van der Waals surface area contributed by atoms with Crippen molar-refractivity contribution in [2.75, 3.05) is 11.1 Å². The smallest absolute Gasteiger partial charge is 0.258 e. The number of carbonyl (C=O) groups excluding carboxylic acids is 1. The lowest BCUT2D eigenvalue weighted by molar-refractivity contribution is 0.102. The van der Waals surface area contributed by atoms with Crippen molar-refractivity contribution in [1.29, 1.82) is 0 Å². The first-order valence-electron chi connectivity index (χ1n) is 6.25. The van der Waals surface area contributed by atoms with Crippen molar-refractivity contribution in [3.63, 3.8) is 0 Å². The summed E-state index contributed by atoms with van der Waals surface area (Å²) in [5.41, 5.74) is 9.47. The van der Waals surface area contributed by atoms with E-state index in [-0.39, 0.29) is 5.91 Å². The van der Waals surface area contributed by atoms with Gasteiger partial charge in [0.25, 0.3) is 5.91 Å². The van der Waals surface area contributed by atoms with Crippen molar-refractivity contribution in [3.8, 4) is 0 Å². The molecule has 3 aromatic rings. The maximum atomic E-state index is 12.2. The van der Waals surface area contributed by atoms with Crippen LogP contribution in [0, 0.1) is 6.92 Å². The van der Waals surface area contributed by atoms with E-state index >= 15 is 0 Å². The third-order valence-electron chi connectivity index (χ3n) is 2.98. The Hall–Kier alpha value is -2.82. The average molecular weight is 266 g/mol. The number of rotatable bonds is 2. The zero-order chi connectivity index (χ0) is 14.1. The molecule has 5 heteroatoms. The van der Waals surface area contributed by atoms with Crippen molar-refractivity contribution >= 4 is 28.6 Å². The van der Waals surface area contributed by atoms with E-state index in [4.69, 9.17) is 5.73 Å². The van der Waals surface area contributed by atoms with E-state index in [9.17, 15) is 4.79 Å². The monoisotopic (exact) mass is 266 g/mol. The molecule has 3 rings (SSSR count). The molecular weight excluding hydrogens is 252 g/mol. The molecule has 0 aliphatic heterocycles. The van der Waals surface area contributed by atoms with E-state index in [0.29, 0.717) is 17.2 Å². The van der Waals surface area contributed by atoms with E-state index in [1.54, 1.807) is 12.1 Å². The summed E-state index contributed by atoms with van der Waals surface area (Å²) >= 11 is 0. The highest BCUT2D eigenvalue weighted by atomic mass is 16.1. The second-order valence-corrected chi connectivity index (χ2v) is 4.69. The number of hydrogen-bond donors (Lipinski definition) is 3. The zero-order valence-corrected chi connectivity index (χ0v) is 11.0. The Balaban J connectivity index is 1.88. The average Bonchev–Trinajstić information content (AvgIpc) is 2.79. The van der Waals surface area contributed by atoms with Gasteiger partial charge in [-0.1, -0.05) is 12.1 Å². The number of hydrogen-bond acceptors (Lipinski definition) is 3. The zero-order valence-electron chi connectivity index (χ0n) is 11.0. The molecule has 20 heavy (non-hydrogen) atoms. The van der Waals surface area contributed by atoms with Crippen LogP contribution in [0.25, 0.3) is 11.0 Å². The molecule has 1 aromatic heterocycles. The molecule has 1 amide bonds. The van der Waals surface area contributed by atoms with E-state index in [1.165, 1.54) is 0 Å². The van der Waals surface area contributed by atoms with Gasteiger partial charge in [-0.15, -0.1) is 0 Å². The normalized spacial score (nSPS) is 10.7. The summed E-state index contributed by atoms with van der Waals surface area (Å²) in [6.07, 6.45) is 0. The van der Waals surface area contributed by atoms with Gasteiger partial charge in [-0.25, -0.2) is 4.98 Å². The highest BCUT2D eigenvalue weighted by Gasteiger charge is 2.10. The minimum absolute atomic E-state index is 0.237. The van der Waals surface area contributed by atoms with Crippen LogP contribution in [0.1, 0.15) is 15.9 Å². The van der Waals surface area contributed by atoms with Gasteiger partial charge in [0.05, 0.1) is 11.0 Å². The number of aromatic nitrogens is 2. The van der Waals surface area contributed by atoms with Crippen LogP contribution in [0.2, 0.25) is 0 Å². The second kappa shape index (κ2) is 4.70. The summed E-state index contributed by atoms with van der Waals surface area (Å²) < 4.78 is 0. The maximum absolute atomic E-state index is 12.2. The van der Waals surface area contributed by atoms with E-state index in [1.807, 2.05) is 37.3 Å². The van der Waals surface area contributed by atoms with Crippen LogP contribution in [-0.4, -0.2) is 15.9 Å². The quantitative estimate of drug-likeness (QED) is 0.623. The van der Waals surface area contributed by atoms with Gasteiger partial charge in [0.1, 0.15) is 0 Å².